The van der Waals surface area contributed by atoms with E-state index in [1.54, 1.807) is 0 Å². The predicted octanol–water partition coefficient (Wildman–Crippen LogP) is 0.952. The molecule has 2 heterocycles. The summed E-state index contributed by atoms with van der Waals surface area (Å²) in [5, 5.41) is 0. The van der Waals surface area contributed by atoms with E-state index < -0.39 is 0 Å². The second-order valence-electron chi connectivity index (χ2n) is 3.64. The maximum Gasteiger partial charge on any atom is 0.323 e. The van der Waals surface area contributed by atoms with Crippen LogP contribution in [0.15, 0.2) is 12.2 Å². The third kappa shape index (κ3) is 1.48. The highest BCUT2D eigenvalue weighted by atomic mass is 16.5. The molecule has 0 aromatic heterocycles. The molecule has 0 radical (unpaired) electrons. The number of esters is 1. The van der Waals surface area contributed by atoms with Gasteiger partial charge in [0.05, 0.1) is 7.11 Å². The van der Waals surface area contributed by atoms with Crippen molar-refractivity contribution < 1.29 is 9.53 Å². The summed E-state index contributed by atoms with van der Waals surface area (Å²) in [6.45, 7) is 1.00. The summed E-state index contributed by atoms with van der Waals surface area (Å²) in [5.41, 5.74) is 0. The van der Waals surface area contributed by atoms with Gasteiger partial charge in [-0.2, -0.15) is 0 Å². The van der Waals surface area contributed by atoms with Crippen molar-refractivity contribution in [2.24, 2.45) is 0 Å². The van der Waals surface area contributed by atoms with Crippen LogP contribution in [-0.2, 0) is 9.53 Å². The molecule has 0 amide bonds. The highest BCUT2D eigenvalue weighted by Gasteiger charge is 2.37. The van der Waals surface area contributed by atoms with Gasteiger partial charge >= 0.3 is 5.97 Å². The minimum absolute atomic E-state index is 0.0138. The van der Waals surface area contributed by atoms with Gasteiger partial charge in [0.25, 0.3) is 0 Å². The van der Waals surface area contributed by atoms with E-state index in [1.165, 1.54) is 7.11 Å². The zero-order chi connectivity index (χ0) is 9.26. The van der Waals surface area contributed by atoms with Crippen LogP contribution in [0.5, 0.6) is 0 Å². The third-order valence-electron chi connectivity index (χ3n) is 2.95. The average Bonchev–Trinajstić information content (AvgIpc) is 2.60. The minimum atomic E-state index is -0.0715. The lowest BCUT2D eigenvalue weighted by Gasteiger charge is -2.29. The van der Waals surface area contributed by atoms with E-state index in [4.69, 9.17) is 4.74 Å². The van der Waals surface area contributed by atoms with Gasteiger partial charge in [-0.1, -0.05) is 12.2 Å². The molecule has 2 aliphatic rings. The Morgan fingerprint density at radius 2 is 2.38 bits per heavy atom. The molecule has 3 nitrogen and oxygen atoms in total. The van der Waals surface area contributed by atoms with Crippen LogP contribution in [0.1, 0.15) is 19.3 Å². The average molecular weight is 181 g/mol. The van der Waals surface area contributed by atoms with Gasteiger partial charge in [-0.05, 0) is 19.3 Å². The van der Waals surface area contributed by atoms with Gasteiger partial charge in [-0.25, -0.2) is 0 Å². The standard InChI is InChI=1S/C10H15NO2/c1-13-10(12)9-6-5-8-4-2-3-7-11(8)9/h2,4,8-9H,3,5-7H2,1H3. The molecule has 1 fully saturated rings. The number of fused-ring (bicyclic) bond motifs is 1. The fourth-order valence-corrected chi connectivity index (χ4v) is 2.29. The van der Waals surface area contributed by atoms with Crippen molar-refractivity contribution in [1.82, 2.24) is 4.90 Å². The summed E-state index contributed by atoms with van der Waals surface area (Å²) in [6.07, 6.45) is 7.52. The first-order chi connectivity index (χ1) is 6.33. The lowest BCUT2D eigenvalue weighted by molar-refractivity contribution is -0.146. The Morgan fingerprint density at radius 3 is 3.15 bits per heavy atom. The molecule has 0 aromatic rings. The topological polar surface area (TPSA) is 29.5 Å². The fraction of sp³-hybridized carbons (Fsp3) is 0.700. The van der Waals surface area contributed by atoms with Crippen molar-refractivity contribution in [3.8, 4) is 0 Å². The van der Waals surface area contributed by atoms with Gasteiger partial charge in [-0.15, -0.1) is 0 Å². The molecule has 72 valence electrons. The highest BCUT2D eigenvalue weighted by Crippen LogP contribution is 2.28. The predicted molar refractivity (Wildman–Crippen MR) is 49.3 cm³/mol. The quantitative estimate of drug-likeness (QED) is 0.445. The summed E-state index contributed by atoms with van der Waals surface area (Å²) in [7, 11) is 1.47. The van der Waals surface area contributed by atoms with E-state index >= 15 is 0 Å². The van der Waals surface area contributed by atoms with Crippen molar-refractivity contribution in [2.45, 2.75) is 31.3 Å². The van der Waals surface area contributed by atoms with Gasteiger partial charge in [0.2, 0.25) is 0 Å². The summed E-state index contributed by atoms with van der Waals surface area (Å²) in [6, 6.07) is 0.498. The molecular formula is C10H15NO2. The number of carbonyl (C=O) groups excluding carboxylic acids is 1. The summed E-state index contributed by atoms with van der Waals surface area (Å²) in [4.78, 5) is 13.6. The molecular weight excluding hydrogens is 166 g/mol. The second kappa shape index (κ2) is 3.50. The third-order valence-corrected chi connectivity index (χ3v) is 2.95. The lowest BCUT2D eigenvalue weighted by Crippen LogP contribution is -2.42. The second-order valence-corrected chi connectivity index (χ2v) is 3.64. The number of methoxy groups -OCH3 is 1. The van der Waals surface area contributed by atoms with Gasteiger partial charge in [0, 0.05) is 12.6 Å². The van der Waals surface area contributed by atoms with Crippen LogP contribution in [0.2, 0.25) is 0 Å². The molecule has 2 aliphatic heterocycles. The molecule has 0 aromatic carbocycles. The number of nitrogens with zero attached hydrogens (tertiary/aromatic N) is 1. The molecule has 2 atom stereocenters. The van der Waals surface area contributed by atoms with Crippen molar-refractivity contribution in [1.29, 1.82) is 0 Å². The van der Waals surface area contributed by atoms with E-state index in [1.807, 2.05) is 0 Å². The summed E-state index contributed by atoms with van der Waals surface area (Å²) in [5.74, 6) is -0.0715. The van der Waals surface area contributed by atoms with Crippen molar-refractivity contribution in [3.05, 3.63) is 12.2 Å². The van der Waals surface area contributed by atoms with E-state index in [-0.39, 0.29) is 12.0 Å². The van der Waals surface area contributed by atoms with Gasteiger partial charge in [0.15, 0.2) is 0 Å². The van der Waals surface area contributed by atoms with E-state index in [2.05, 4.69) is 17.1 Å². The first-order valence-corrected chi connectivity index (χ1v) is 4.83. The van der Waals surface area contributed by atoms with Gasteiger partial charge in [0.1, 0.15) is 6.04 Å². The van der Waals surface area contributed by atoms with Crippen LogP contribution in [-0.4, -0.2) is 36.6 Å². The number of hydrogen-bond donors (Lipinski definition) is 0. The normalized spacial score (nSPS) is 33.0. The minimum Gasteiger partial charge on any atom is -0.468 e. The SMILES string of the molecule is COC(=O)C1CCC2C=CCCN21. The summed E-state index contributed by atoms with van der Waals surface area (Å²) < 4.78 is 4.78. The van der Waals surface area contributed by atoms with Crippen molar-refractivity contribution in [3.63, 3.8) is 0 Å². The van der Waals surface area contributed by atoms with Crippen LogP contribution < -0.4 is 0 Å². The number of carbonyl (C=O) groups is 1. The first-order valence-electron chi connectivity index (χ1n) is 4.83. The Kier molecular flexibility index (Phi) is 2.36. The molecule has 0 bridgehead atoms. The maximum atomic E-state index is 11.4. The maximum absolute atomic E-state index is 11.4. The molecule has 1 saturated heterocycles. The van der Waals surface area contributed by atoms with E-state index in [9.17, 15) is 4.79 Å². The largest absolute Gasteiger partial charge is 0.468 e. The van der Waals surface area contributed by atoms with Gasteiger partial charge in [-0.3, -0.25) is 9.69 Å². The molecule has 2 unspecified atom stereocenters. The van der Waals surface area contributed by atoms with Crippen LogP contribution >= 0.6 is 0 Å². The number of rotatable bonds is 1. The highest BCUT2D eigenvalue weighted by molar-refractivity contribution is 5.76. The molecule has 0 aliphatic carbocycles. The van der Waals surface area contributed by atoms with Crippen LogP contribution in [0.4, 0.5) is 0 Å². The zero-order valence-electron chi connectivity index (χ0n) is 7.90. The lowest BCUT2D eigenvalue weighted by atomic mass is 10.1. The first kappa shape index (κ1) is 8.75. The zero-order valence-corrected chi connectivity index (χ0v) is 7.90. The number of ether oxygens (including phenoxy) is 1. The van der Waals surface area contributed by atoms with E-state index in [0.717, 1.165) is 25.8 Å². The molecule has 3 heteroatoms. The van der Waals surface area contributed by atoms with Crippen LogP contribution in [0, 0.1) is 0 Å². The molecule has 0 spiro atoms. The van der Waals surface area contributed by atoms with Crippen molar-refractivity contribution >= 4 is 5.97 Å². The molecule has 0 N–H and O–H groups in total. The van der Waals surface area contributed by atoms with Crippen LogP contribution in [0.3, 0.4) is 0 Å². The van der Waals surface area contributed by atoms with E-state index in [0.29, 0.717) is 6.04 Å². The fourth-order valence-electron chi connectivity index (χ4n) is 2.29. The Hall–Kier alpha value is -0.830. The smallest absolute Gasteiger partial charge is 0.323 e. The summed E-state index contributed by atoms with van der Waals surface area (Å²) >= 11 is 0. The van der Waals surface area contributed by atoms with Gasteiger partial charge < -0.3 is 4.74 Å². The Morgan fingerprint density at radius 1 is 1.54 bits per heavy atom. The molecule has 13 heavy (non-hydrogen) atoms. The molecule has 2 rings (SSSR count). The Labute approximate surface area is 78.4 Å². The Bertz CT molecular complexity index is 237. The Balaban J connectivity index is 2.08. The molecule has 0 saturated carbocycles. The van der Waals surface area contributed by atoms with Crippen molar-refractivity contribution in [2.75, 3.05) is 13.7 Å². The monoisotopic (exact) mass is 181 g/mol. The number of hydrogen-bond acceptors (Lipinski definition) is 3. The van der Waals surface area contributed by atoms with Crippen LogP contribution in [0.25, 0.3) is 0 Å².